The second kappa shape index (κ2) is 3.31. The number of benzene rings is 1. The number of nitrogens with two attached hydrogens (primary N) is 1. The predicted molar refractivity (Wildman–Crippen MR) is 56.9 cm³/mol. The van der Waals surface area contributed by atoms with Crippen LogP contribution in [0.15, 0.2) is 24.3 Å². The molecule has 3 nitrogen and oxygen atoms in total. The number of hydrogen-bond donors (Lipinski definition) is 1. The first-order valence-corrected chi connectivity index (χ1v) is 4.91. The Bertz CT molecular complexity index is 490. The number of primary amides is 1. The Hall–Kier alpha value is -1.55. The maximum atomic E-state index is 11.2. The number of carbonyl (C=O) groups excluding carboxylic acids is 1. The summed E-state index contributed by atoms with van der Waals surface area (Å²) in [5.74, 6) is -0.445. The van der Waals surface area contributed by atoms with Crippen LogP contribution in [0.4, 0.5) is 0 Å². The van der Waals surface area contributed by atoms with Crippen LogP contribution in [-0.4, -0.2) is 13.0 Å². The Morgan fingerprint density at radius 1 is 1.43 bits per heavy atom. The molecule has 0 saturated heterocycles. The van der Waals surface area contributed by atoms with Crippen LogP contribution in [0.25, 0.3) is 10.1 Å². The molecule has 14 heavy (non-hydrogen) atoms. The standard InChI is InChI=1S/C10H9NO2S/c1-13-10-8(9(11)12)6-4-2-3-5-7(6)14-10/h2-5H,1H3,(H2,11,12). The van der Waals surface area contributed by atoms with Gasteiger partial charge in [-0.3, -0.25) is 4.79 Å². The van der Waals surface area contributed by atoms with E-state index in [9.17, 15) is 4.79 Å². The zero-order chi connectivity index (χ0) is 10.1. The fourth-order valence-corrected chi connectivity index (χ4v) is 2.42. The topological polar surface area (TPSA) is 52.3 Å². The molecule has 72 valence electrons. The van der Waals surface area contributed by atoms with Gasteiger partial charge in [-0.15, -0.1) is 0 Å². The van der Waals surface area contributed by atoms with Crippen LogP contribution in [0.1, 0.15) is 10.4 Å². The third kappa shape index (κ3) is 1.24. The second-order valence-corrected chi connectivity index (χ2v) is 3.84. The van der Waals surface area contributed by atoms with Gasteiger partial charge in [0, 0.05) is 10.1 Å². The summed E-state index contributed by atoms with van der Waals surface area (Å²) in [6.45, 7) is 0. The average molecular weight is 207 g/mol. The van der Waals surface area contributed by atoms with Gasteiger partial charge in [-0.05, 0) is 6.07 Å². The van der Waals surface area contributed by atoms with E-state index in [1.54, 1.807) is 0 Å². The van der Waals surface area contributed by atoms with Crippen molar-refractivity contribution < 1.29 is 9.53 Å². The predicted octanol–water partition coefficient (Wildman–Crippen LogP) is 2.01. The number of methoxy groups -OCH3 is 1. The average Bonchev–Trinajstić information content (AvgIpc) is 2.55. The van der Waals surface area contributed by atoms with Crippen molar-refractivity contribution in [3.8, 4) is 5.06 Å². The lowest BCUT2D eigenvalue weighted by Gasteiger charge is -1.97. The van der Waals surface area contributed by atoms with Crippen LogP contribution < -0.4 is 10.5 Å². The minimum Gasteiger partial charge on any atom is -0.487 e. The van der Waals surface area contributed by atoms with Gasteiger partial charge in [-0.1, -0.05) is 29.5 Å². The van der Waals surface area contributed by atoms with Crippen molar-refractivity contribution in [1.82, 2.24) is 0 Å². The monoisotopic (exact) mass is 207 g/mol. The van der Waals surface area contributed by atoms with Gasteiger partial charge in [-0.25, -0.2) is 0 Å². The molecule has 1 amide bonds. The maximum absolute atomic E-state index is 11.2. The molecule has 2 aromatic rings. The van der Waals surface area contributed by atoms with Gasteiger partial charge < -0.3 is 10.5 Å². The van der Waals surface area contributed by atoms with E-state index in [1.807, 2.05) is 24.3 Å². The Labute approximate surface area is 85.1 Å². The van der Waals surface area contributed by atoms with Crippen LogP contribution in [0.3, 0.4) is 0 Å². The summed E-state index contributed by atoms with van der Waals surface area (Å²) in [5, 5.41) is 1.44. The molecule has 0 aliphatic carbocycles. The van der Waals surface area contributed by atoms with Crippen molar-refractivity contribution in [1.29, 1.82) is 0 Å². The highest BCUT2D eigenvalue weighted by Crippen LogP contribution is 2.36. The van der Waals surface area contributed by atoms with Crippen molar-refractivity contribution in [3.05, 3.63) is 29.8 Å². The van der Waals surface area contributed by atoms with Gasteiger partial charge in [-0.2, -0.15) is 0 Å². The molecule has 2 rings (SSSR count). The first kappa shape index (κ1) is 9.02. The highest BCUT2D eigenvalue weighted by atomic mass is 32.1. The zero-order valence-corrected chi connectivity index (χ0v) is 8.43. The summed E-state index contributed by atoms with van der Waals surface area (Å²) in [7, 11) is 1.54. The normalized spacial score (nSPS) is 10.4. The molecule has 0 unspecified atom stereocenters. The molecule has 0 saturated carbocycles. The second-order valence-electron chi connectivity index (χ2n) is 2.83. The van der Waals surface area contributed by atoms with Gasteiger partial charge in [0.05, 0.1) is 7.11 Å². The molecular weight excluding hydrogens is 198 g/mol. The van der Waals surface area contributed by atoms with Crippen LogP contribution in [-0.2, 0) is 0 Å². The molecule has 1 aromatic carbocycles. The molecule has 1 aromatic heterocycles. The molecule has 1 heterocycles. The van der Waals surface area contributed by atoms with Gasteiger partial charge >= 0.3 is 0 Å². The summed E-state index contributed by atoms with van der Waals surface area (Å²) in [6.07, 6.45) is 0. The molecule has 0 fully saturated rings. The fourth-order valence-electron chi connectivity index (χ4n) is 1.40. The van der Waals surface area contributed by atoms with Gasteiger partial charge in [0.25, 0.3) is 5.91 Å². The highest BCUT2D eigenvalue weighted by Gasteiger charge is 2.16. The van der Waals surface area contributed by atoms with E-state index in [2.05, 4.69) is 0 Å². The molecule has 0 aliphatic rings. The maximum Gasteiger partial charge on any atom is 0.254 e. The number of thiophene rings is 1. The third-order valence-corrected chi connectivity index (χ3v) is 3.13. The summed E-state index contributed by atoms with van der Waals surface area (Å²) in [4.78, 5) is 11.2. The molecule has 4 heteroatoms. The molecular formula is C10H9NO2S. The van der Waals surface area contributed by atoms with E-state index in [0.717, 1.165) is 10.1 Å². The first-order chi connectivity index (χ1) is 6.74. The lowest BCUT2D eigenvalue weighted by Crippen LogP contribution is -2.11. The van der Waals surface area contributed by atoms with Gasteiger partial charge in [0.1, 0.15) is 5.56 Å². The van der Waals surface area contributed by atoms with E-state index >= 15 is 0 Å². The van der Waals surface area contributed by atoms with E-state index < -0.39 is 5.91 Å². The summed E-state index contributed by atoms with van der Waals surface area (Å²) < 4.78 is 6.12. The Morgan fingerprint density at radius 2 is 2.14 bits per heavy atom. The number of amides is 1. The van der Waals surface area contributed by atoms with E-state index in [4.69, 9.17) is 10.5 Å². The van der Waals surface area contributed by atoms with Crippen molar-refractivity contribution in [2.45, 2.75) is 0 Å². The summed E-state index contributed by atoms with van der Waals surface area (Å²) in [6, 6.07) is 7.60. The number of hydrogen-bond acceptors (Lipinski definition) is 3. The van der Waals surface area contributed by atoms with Gasteiger partial charge in [0.15, 0.2) is 5.06 Å². The van der Waals surface area contributed by atoms with Crippen LogP contribution >= 0.6 is 11.3 Å². The number of fused-ring (bicyclic) bond motifs is 1. The quantitative estimate of drug-likeness (QED) is 0.819. The van der Waals surface area contributed by atoms with Crippen LogP contribution in [0, 0.1) is 0 Å². The van der Waals surface area contributed by atoms with Crippen LogP contribution in [0.5, 0.6) is 5.06 Å². The minimum atomic E-state index is -0.445. The van der Waals surface area contributed by atoms with Gasteiger partial charge in [0.2, 0.25) is 0 Å². The third-order valence-electron chi connectivity index (χ3n) is 1.99. The van der Waals surface area contributed by atoms with Crippen molar-refractivity contribution >= 4 is 27.3 Å². The molecule has 2 N–H and O–H groups in total. The molecule has 0 spiro atoms. The lowest BCUT2D eigenvalue weighted by atomic mass is 10.1. The molecule has 0 aliphatic heterocycles. The SMILES string of the molecule is COc1sc2ccccc2c1C(N)=O. The smallest absolute Gasteiger partial charge is 0.254 e. The summed E-state index contributed by atoms with van der Waals surface area (Å²) in [5.41, 5.74) is 5.77. The Kier molecular flexibility index (Phi) is 2.13. The van der Waals surface area contributed by atoms with Crippen molar-refractivity contribution in [3.63, 3.8) is 0 Å². The largest absolute Gasteiger partial charge is 0.487 e. The summed E-state index contributed by atoms with van der Waals surface area (Å²) >= 11 is 1.43. The minimum absolute atomic E-state index is 0.445. The van der Waals surface area contributed by atoms with Crippen molar-refractivity contribution in [2.24, 2.45) is 5.73 Å². The van der Waals surface area contributed by atoms with E-state index in [0.29, 0.717) is 10.6 Å². The molecule has 0 bridgehead atoms. The Morgan fingerprint density at radius 3 is 2.79 bits per heavy atom. The first-order valence-electron chi connectivity index (χ1n) is 4.09. The van der Waals surface area contributed by atoms with E-state index in [1.165, 1.54) is 18.4 Å². The van der Waals surface area contributed by atoms with Crippen LogP contribution in [0.2, 0.25) is 0 Å². The number of carbonyl (C=O) groups is 1. The number of ether oxygens (including phenoxy) is 1. The molecule has 0 atom stereocenters. The van der Waals surface area contributed by atoms with Crippen molar-refractivity contribution in [2.75, 3.05) is 7.11 Å². The van der Waals surface area contributed by atoms with E-state index in [-0.39, 0.29) is 0 Å². The zero-order valence-electron chi connectivity index (χ0n) is 7.61. The molecule has 0 radical (unpaired) electrons. The number of rotatable bonds is 2. The Balaban J connectivity index is 2.81. The lowest BCUT2D eigenvalue weighted by molar-refractivity contribution is 0.1000. The highest BCUT2D eigenvalue weighted by molar-refractivity contribution is 7.21. The fraction of sp³-hybridized carbons (Fsp3) is 0.100.